The van der Waals surface area contributed by atoms with Gasteiger partial charge in [0.2, 0.25) is 0 Å². The lowest BCUT2D eigenvalue weighted by atomic mass is 10.2. The highest BCUT2D eigenvalue weighted by atomic mass is 16.5. The molecule has 0 aliphatic rings. The van der Waals surface area contributed by atoms with Crippen LogP contribution in [0, 0.1) is 13.8 Å². The predicted octanol–water partition coefficient (Wildman–Crippen LogP) is 3.64. The lowest BCUT2D eigenvalue weighted by Crippen LogP contribution is -2.07. The molecule has 0 aromatic carbocycles. The van der Waals surface area contributed by atoms with E-state index in [-0.39, 0.29) is 0 Å². The zero-order valence-corrected chi connectivity index (χ0v) is 17.9. The van der Waals surface area contributed by atoms with Gasteiger partial charge in [-0.2, -0.15) is 0 Å². The molecule has 0 aliphatic carbocycles. The van der Waals surface area contributed by atoms with Crippen LogP contribution in [0.15, 0.2) is 24.5 Å². The Morgan fingerprint density at radius 2 is 1.14 bits per heavy atom. The van der Waals surface area contributed by atoms with Crippen LogP contribution >= 0.6 is 0 Å². The highest BCUT2D eigenvalue weighted by Crippen LogP contribution is 2.22. The van der Waals surface area contributed by atoms with Crippen molar-refractivity contribution >= 4 is 0 Å². The van der Waals surface area contributed by atoms with Gasteiger partial charge in [0.15, 0.2) is 0 Å². The van der Waals surface area contributed by atoms with Crippen molar-refractivity contribution in [2.75, 3.05) is 40.6 Å². The smallest absolute Gasteiger partial charge is 0.125 e. The topological polar surface area (TPSA) is 71.9 Å². The van der Waals surface area contributed by atoms with Crippen molar-refractivity contribution in [3.63, 3.8) is 0 Å². The van der Waals surface area contributed by atoms with Gasteiger partial charge in [-0.1, -0.05) is 0 Å². The van der Waals surface area contributed by atoms with E-state index in [1.165, 1.54) is 0 Å². The first-order valence-electron chi connectivity index (χ1n) is 9.87. The first-order valence-corrected chi connectivity index (χ1v) is 9.87. The van der Waals surface area contributed by atoms with Gasteiger partial charge in [0.1, 0.15) is 11.5 Å². The molecule has 0 radical (unpaired) electrons. The minimum Gasteiger partial charge on any atom is -0.493 e. The molecule has 0 saturated heterocycles. The van der Waals surface area contributed by atoms with Crippen LogP contribution in [-0.2, 0) is 27.4 Å². The Hall–Kier alpha value is -2.22. The Morgan fingerprint density at radius 1 is 0.690 bits per heavy atom. The minimum absolute atomic E-state index is 0.390. The third-order valence-electron chi connectivity index (χ3n) is 4.50. The second kappa shape index (κ2) is 13.1. The standard InChI is InChI=1S/C22H32N2O5/c1-17-19(23-9-7-21(17)28-13-5-11-25-3)15-27-16-20-18(2)22(8-10-24-20)29-14-6-12-26-4/h7-10H,5-6,11-16H2,1-4H3. The van der Waals surface area contributed by atoms with Gasteiger partial charge in [0, 0.05) is 63.8 Å². The third kappa shape index (κ3) is 7.61. The van der Waals surface area contributed by atoms with Crippen molar-refractivity contribution < 1.29 is 23.7 Å². The Labute approximate surface area is 173 Å². The van der Waals surface area contributed by atoms with Crippen LogP contribution in [0.25, 0.3) is 0 Å². The minimum atomic E-state index is 0.390. The lowest BCUT2D eigenvalue weighted by molar-refractivity contribution is 0.100. The summed E-state index contributed by atoms with van der Waals surface area (Å²) in [6.45, 7) is 7.36. The molecule has 2 rings (SSSR count). The predicted molar refractivity (Wildman–Crippen MR) is 110 cm³/mol. The summed E-state index contributed by atoms with van der Waals surface area (Å²) in [5.41, 5.74) is 3.70. The Morgan fingerprint density at radius 3 is 1.55 bits per heavy atom. The summed E-state index contributed by atoms with van der Waals surface area (Å²) in [6, 6.07) is 3.75. The van der Waals surface area contributed by atoms with E-state index in [1.807, 2.05) is 26.0 Å². The molecule has 0 unspecified atom stereocenters. The monoisotopic (exact) mass is 404 g/mol. The molecule has 2 heterocycles. The summed E-state index contributed by atoms with van der Waals surface area (Å²) in [5, 5.41) is 0. The maximum absolute atomic E-state index is 5.89. The zero-order chi connectivity index (χ0) is 20.9. The highest BCUT2D eigenvalue weighted by Gasteiger charge is 2.10. The number of aromatic nitrogens is 2. The number of rotatable bonds is 14. The molecule has 0 atom stereocenters. The quantitative estimate of drug-likeness (QED) is 0.445. The van der Waals surface area contributed by atoms with E-state index in [9.17, 15) is 0 Å². The number of ether oxygens (including phenoxy) is 5. The van der Waals surface area contributed by atoms with Gasteiger partial charge in [-0.05, 0) is 26.0 Å². The molecule has 0 N–H and O–H groups in total. The molecule has 2 aromatic heterocycles. The van der Waals surface area contributed by atoms with Crippen LogP contribution in [0.1, 0.15) is 35.4 Å². The second-order valence-electron chi connectivity index (χ2n) is 6.64. The summed E-state index contributed by atoms with van der Waals surface area (Å²) >= 11 is 0. The largest absolute Gasteiger partial charge is 0.493 e. The molecule has 2 aromatic rings. The Balaban J connectivity index is 1.88. The number of hydrogen-bond acceptors (Lipinski definition) is 7. The fourth-order valence-corrected chi connectivity index (χ4v) is 2.74. The molecule has 0 fully saturated rings. The second-order valence-corrected chi connectivity index (χ2v) is 6.64. The first kappa shape index (κ1) is 23.1. The van der Waals surface area contributed by atoms with Gasteiger partial charge < -0.3 is 23.7 Å². The normalized spacial score (nSPS) is 10.9. The van der Waals surface area contributed by atoms with Crippen LogP contribution in [0.2, 0.25) is 0 Å². The van der Waals surface area contributed by atoms with E-state index in [0.717, 1.165) is 46.9 Å². The molecule has 29 heavy (non-hydrogen) atoms. The van der Waals surface area contributed by atoms with Gasteiger partial charge in [-0.3, -0.25) is 9.97 Å². The fraction of sp³-hybridized carbons (Fsp3) is 0.545. The van der Waals surface area contributed by atoms with E-state index < -0.39 is 0 Å². The van der Waals surface area contributed by atoms with Crippen LogP contribution < -0.4 is 9.47 Å². The summed E-state index contributed by atoms with van der Waals surface area (Å²) in [5.74, 6) is 1.66. The van der Waals surface area contributed by atoms with Crippen molar-refractivity contribution in [1.82, 2.24) is 9.97 Å². The first-order chi connectivity index (χ1) is 14.2. The SMILES string of the molecule is COCCCOc1ccnc(COCc2nccc(OCCCOC)c2C)c1C. The average Bonchev–Trinajstić information content (AvgIpc) is 2.73. The highest BCUT2D eigenvalue weighted by molar-refractivity contribution is 5.35. The van der Waals surface area contributed by atoms with E-state index >= 15 is 0 Å². The van der Waals surface area contributed by atoms with Gasteiger partial charge >= 0.3 is 0 Å². The molecule has 160 valence electrons. The summed E-state index contributed by atoms with van der Waals surface area (Å²) in [7, 11) is 3.37. The van der Waals surface area contributed by atoms with Crippen LogP contribution in [0.5, 0.6) is 11.5 Å². The van der Waals surface area contributed by atoms with E-state index in [0.29, 0.717) is 39.6 Å². The molecular weight excluding hydrogens is 372 g/mol. The molecule has 0 bridgehead atoms. The fourth-order valence-electron chi connectivity index (χ4n) is 2.74. The number of nitrogens with zero attached hydrogens (tertiary/aromatic N) is 2. The Kier molecular flexibility index (Phi) is 10.4. The molecule has 0 spiro atoms. The van der Waals surface area contributed by atoms with Gasteiger partial charge in [-0.15, -0.1) is 0 Å². The van der Waals surface area contributed by atoms with Gasteiger partial charge in [-0.25, -0.2) is 0 Å². The average molecular weight is 405 g/mol. The number of methoxy groups -OCH3 is 2. The summed E-state index contributed by atoms with van der Waals surface area (Å²) in [6.07, 6.45) is 5.18. The van der Waals surface area contributed by atoms with Gasteiger partial charge in [0.25, 0.3) is 0 Å². The van der Waals surface area contributed by atoms with Crippen molar-refractivity contribution in [3.05, 3.63) is 47.0 Å². The van der Waals surface area contributed by atoms with E-state index in [2.05, 4.69) is 9.97 Å². The summed E-state index contributed by atoms with van der Waals surface area (Å²) in [4.78, 5) is 8.85. The summed E-state index contributed by atoms with van der Waals surface area (Å²) < 4.78 is 27.6. The Bertz CT molecular complexity index is 678. The van der Waals surface area contributed by atoms with Gasteiger partial charge in [0.05, 0.1) is 37.8 Å². The number of pyridine rings is 2. The third-order valence-corrected chi connectivity index (χ3v) is 4.50. The zero-order valence-electron chi connectivity index (χ0n) is 17.9. The van der Waals surface area contributed by atoms with Crippen LogP contribution in [0.4, 0.5) is 0 Å². The lowest BCUT2D eigenvalue weighted by Gasteiger charge is -2.14. The van der Waals surface area contributed by atoms with Crippen molar-refractivity contribution in [1.29, 1.82) is 0 Å². The van der Waals surface area contributed by atoms with E-state index in [4.69, 9.17) is 23.7 Å². The van der Waals surface area contributed by atoms with Crippen molar-refractivity contribution in [3.8, 4) is 11.5 Å². The maximum atomic E-state index is 5.89. The van der Waals surface area contributed by atoms with E-state index in [1.54, 1.807) is 26.6 Å². The number of hydrogen-bond donors (Lipinski definition) is 0. The van der Waals surface area contributed by atoms with Crippen molar-refractivity contribution in [2.45, 2.75) is 39.9 Å². The molecule has 7 nitrogen and oxygen atoms in total. The molecule has 0 amide bonds. The maximum Gasteiger partial charge on any atom is 0.125 e. The molecular formula is C22H32N2O5. The van der Waals surface area contributed by atoms with Crippen molar-refractivity contribution in [2.24, 2.45) is 0 Å². The van der Waals surface area contributed by atoms with Crippen LogP contribution in [-0.4, -0.2) is 50.6 Å². The molecule has 0 saturated carbocycles. The molecule has 0 aliphatic heterocycles. The molecule has 7 heteroatoms. The van der Waals surface area contributed by atoms with Crippen LogP contribution in [0.3, 0.4) is 0 Å².